The lowest BCUT2D eigenvalue weighted by Crippen LogP contribution is -1.88. The molecule has 0 amide bonds. The van der Waals surface area contributed by atoms with Gasteiger partial charge in [-0.05, 0) is 24.3 Å². The smallest absolute Gasteiger partial charge is 0.293 e. The molecule has 22 heavy (non-hydrogen) atoms. The Labute approximate surface area is 123 Å². The predicted octanol–water partition coefficient (Wildman–Crippen LogP) is 4.16. The lowest BCUT2D eigenvalue weighted by molar-refractivity contribution is -0.383. The van der Waals surface area contributed by atoms with Crippen LogP contribution in [0.3, 0.4) is 0 Å². The van der Waals surface area contributed by atoms with Crippen LogP contribution in [0.25, 0.3) is 33.2 Å². The number of nitro groups is 1. The largest absolute Gasteiger partial charge is 0.353 e. The predicted molar refractivity (Wildman–Crippen MR) is 81.0 cm³/mol. The van der Waals surface area contributed by atoms with E-state index >= 15 is 0 Å². The van der Waals surface area contributed by atoms with Crippen LogP contribution in [-0.2, 0) is 0 Å². The summed E-state index contributed by atoms with van der Waals surface area (Å²) in [7, 11) is 0. The van der Waals surface area contributed by atoms with E-state index in [1.807, 2.05) is 0 Å². The summed E-state index contributed by atoms with van der Waals surface area (Å²) in [6, 6.07) is 14.2. The van der Waals surface area contributed by atoms with Crippen molar-refractivity contribution < 1.29 is 9.31 Å². The summed E-state index contributed by atoms with van der Waals surface area (Å²) in [5, 5.41) is 12.4. The van der Waals surface area contributed by atoms with Gasteiger partial charge in [0.25, 0.3) is 5.69 Å². The van der Waals surface area contributed by atoms with Crippen molar-refractivity contribution in [2.24, 2.45) is 0 Å². The quantitative estimate of drug-likeness (QED) is 0.430. The molecule has 0 aliphatic heterocycles. The fourth-order valence-corrected chi connectivity index (χ4v) is 2.59. The molecule has 0 fully saturated rings. The SMILES string of the molecule is O=[N+]([O-])c1cccc2[c]c(-c3cc4cc(F)ccc4[nH]3)[nH]c12. The number of hydrogen-bond acceptors (Lipinski definition) is 2. The number of nitrogens with zero attached hydrogens (tertiary/aromatic N) is 1. The molecule has 0 saturated carbocycles. The molecule has 107 valence electrons. The van der Waals surface area contributed by atoms with Crippen LogP contribution in [-0.4, -0.2) is 14.9 Å². The van der Waals surface area contributed by atoms with Crippen LogP contribution in [0.15, 0.2) is 42.5 Å². The minimum atomic E-state index is -0.433. The van der Waals surface area contributed by atoms with Crippen molar-refractivity contribution in [1.29, 1.82) is 0 Å². The van der Waals surface area contributed by atoms with Crippen molar-refractivity contribution in [2.45, 2.75) is 0 Å². The average molecular weight is 294 g/mol. The number of nitro benzene ring substituents is 1. The minimum absolute atomic E-state index is 0.00200. The highest BCUT2D eigenvalue weighted by molar-refractivity contribution is 5.93. The molecule has 2 aromatic heterocycles. The van der Waals surface area contributed by atoms with Gasteiger partial charge in [0.15, 0.2) is 0 Å². The topological polar surface area (TPSA) is 74.7 Å². The molecule has 0 aliphatic carbocycles. The van der Waals surface area contributed by atoms with E-state index < -0.39 is 4.92 Å². The zero-order chi connectivity index (χ0) is 15.3. The zero-order valence-electron chi connectivity index (χ0n) is 11.2. The normalized spacial score (nSPS) is 11.3. The van der Waals surface area contributed by atoms with E-state index in [2.05, 4.69) is 16.0 Å². The molecule has 6 heteroatoms. The Balaban J connectivity index is 1.92. The number of nitrogens with one attached hydrogen (secondary N) is 2. The molecule has 1 radical (unpaired) electrons. The maximum Gasteiger partial charge on any atom is 0.293 e. The summed E-state index contributed by atoms with van der Waals surface area (Å²) in [5.74, 6) is -0.311. The molecule has 0 atom stereocenters. The third-order valence-electron chi connectivity index (χ3n) is 3.60. The van der Waals surface area contributed by atoms with E-state index in [4.69, 9.17) is 0 Å². The fraction of sp³-hybridized carbons (Fsp3) is 0. The summed E-state index contributed by atoms with van der Waals surface area (Å²) in [4.78, 5) is 16.8. The molecule has 4 rings (SSSR count). The van der Waals surface area contributed by atoms with Crippen molar-refractivity contribution >= 4 is 27.5 Å². The molecule has 2 heterocycles. The highest BCUT2D eigenvalue weighted by atomic mass is 19.1. The second-order valence-corrected chi connectivity index (χ2v) is 5.00. The Kier molecular flexibility index (Phi) is 2.53. The number of aromatic nitrogens is 2. The number of para-hydroxylation sites is 1. The molecular weight excluding hydrogens is 285 g/mol. The highest BCUT2D eigenvalue weighted by Crippen LogP contribution is 2.30. The molecule has 0 spiro atoms. The van der Waals surface area contributed by atoms with Crippen LogP contribution in [0.1, 0.15) is 0 Å². The first-order chi connectivity index (χ1) is 10.6. The van der Waals surface area contributed by atoms with Crippen molar-refractivity contribution in [3.63, 3.8) is 0 Å². The Morgan fingerprint density at radius 2 is 2.00 bits per heavy atom. The van der Waals surface area contributed by atoms with Crippen LogP contribution in [0.5, 0.6) is 0 Å². The third-order valence-corrected chi connectivity index (χ3v) is 3.60. The monoisotopic (exact) mass is 294 g/mol. The van der Waals surface area contributed by atoms with E-state index in [0.717, 1.165) is 10.9 Å². The lowest BCUT2D eigenvalue weighted by atomic mass is 10.2. The molecular formula is C16H9FN3O2. The Bertz CT molecular complexity index is 1030. The highest BCUT2D eigenvalue weighted by Gasteiger charge is 2.15. The number of benzene rings is 2. The zero-order valence-corrected chi connectivity index (χ0v) is 11.2. The number of fused-ring (bicyclic) bond motifs is 2. The molecule has 0 unspecified atom stereocenters. The number of aromatic amines is 2. The first kappa shape index (κ1) is 12.6. The molecule has 0 saturated heterocycles. The van der Waals surface area contributed by atoms with Gasteiger partial charge in [0.1, 0.15) is 11.3 Å². The van der Waals surface area contributed by atoms with Crippen molar-refractivity contribution in [3.8, 4) is 11.4 Å². The van der Waals surface area contributed by atoms with Crippen LogP contribution >= 0.6 is 0 Å². The summed E-state index contributed by atoms with van der Waals surface area (Å²) >= 11 is 0. The Morgan fingerprint density at radius 1 is 1.14 bits per heavy atom. The van der Waals surface area contributed by atoms with Gasteiger partial charge in [0, 0.05) is 28.4 Å². The second-order valence-electron chi connectivity index (χ2n) is 5.00. The molecule has 0 bridgehead atoms. The van der Waals surface area contributed by atoms with Crippen LogP contribution in [0, 0.1) is 22.0 Å². The van der Waals surface area contributed by atoms with Crippen LogP contribution in [0.2, 0.25) is 0 Å². The summed E-state index contributed by atoms with van der Waals surface area (Å²) in [6.45, 7) is 0. The van der Waals surface area contributed by atoms with Gasteiger partial charge in [-0.1, -0.05) is 12.1 Å². The van der Waals surface area contributed by atoms with Crippen LogP contribution in [0.4, 0.5) is 10.1 Å². The van der Waals surface area contributed by atoms with Gasteiger partial charge < -0.3 is 9.97 Å². The number of H-pyrrole nitrogens is 2. The minimum Gasteiger partial charge on any atom is -0.353 e. The van der Waals surface area contributed by atoms with Crippen molar-refractivity contribution in [3.05, 3.63) is 64.5 Å². The first-order valence-corrected chi connectivity index (χ1v) is 6.59. The van der Waals surface area contributed by atoms with Crippen LogP contribution < -0.4 is 0 Å². The lowest BCUT2D eigenvalue weighted by Gasteiger charge is -1.93. The summed E-state index contributed by atoms with van der Waals surface area (Å²) in [5.41, 5.74) is 2.51. The maximum atomic E-state index is 13.3. The third kappa shape index (κ3) is 1.85. The van der Waals surface area contributed by atoms with E-state index in [-0.39, 0.29) is 11.5 Å². The fourth-order valence-electron chi connectivity index (χ4n) is 2.59. The molecule has 0 aliphatic rings. The van der Waals surface area contributed by atoms with Gasteiger partial charge in [-0.3, -0.25) is 10.1 Å². The second kappa shape index (κ2) is 4.42. The summed E-state index contributed by atoms with van der Waals surface area (Å²) < 4.78 is 13.3. The van der Waals surface area contributed by atoms with Crippen molar-refractivity contribution in [1.82, 2.24) is 9.97 Å². The van der Waals surface area contributed by atoms with Gasteiger partial charge in [0.05, 0.1) is 16.3 Å². The van der Waals surface area contributed by atoms with Gasteiger partial charge in [-0.2, -0.15) is 0 Å². The standard InChI is InChI=1S/C16H9FN3O2/c17-11-4-5-12-10(6-11)8-13(18-12)14-7-9-2-1-3-15(20(21)22)16(9)19-14/h1-6,8,18-19H. The Hall–Kier alpha value is -3.15. The molecule has 2 N–H and O–H groups in total. The van der Waals surface area contributed by atoms with E-state index in [1.165, 1.54) is 18.2 Å². The van der Waals surface area contributed by atoms with Gasteiger partial charge in [-0.25, -0.2) is 4.39 Å². The summed E-state index contributed by atoms with van der Waals surface area (Å²) in [6.07, 6.45) is 0. The van der Waals surface area contributed by atoms with E-state index in [1.54, 1.807) is 24.3 Å². The maximum absolute atomic E-state index is 13.3. The van der Waals surface area contributed by atoms with E-state index in [0.29, 0.717) is 22.3 Å². The average Bonchev–Trinajstić information content (AvgIpc) is 3.09. The number of rotatable bonds is 2. The Morgan fingerprint density at radius 3 is 2.82 bits per heavy atom. The van der Waals surface area contributed by atoms with Gasteiger partial charge in [0.2, 0.25) is 0 Å². The molecule has 2 aromatic carbocycles. The number of halogens is 1. The molecule has 4 aromatic rings. The first-order valence-electron chi connectivity index (χ1n) is 6.59. The molecule has 5 nitrogen and oxygen atoms in total. The number of hydrogen-bond donors (Lipinski definition) is 2. The van der Waals surface area contributed by atoms with Crippen molar-refractivity contribution in [2.75, 3.05) is 0 Å². The van der Waals surface area contributed by atoms with E-state index in [9.17, 15) is 14.5 Å². The van der Waals surface area contributed by atoms with Gasteiger partial charge in [-0.15, -0.1) is 0 Å². The van der Waals surface area contributed by atoms with Gasteiger partial charge >= 0.3 is 0 Å². The number of non-ortho nitro benzene ring substituents is 1.